The van der Waals surface area contributed by atoms with Crippen LogP contribution in [0.4, 0.5) is 5.69 Å². The zero-order valence-electron chi connectivity index (χ0n) is 13.1. The van der Waals surface area contributed by atoms with Gasteiger partial charge in [0, 0.05) is 11.6 Å². The molecule has 0 radical (unpaired) electrons. The second-order valence-electron chi connectivity index (χ2n) is 5.63. The first kappa shape index (κ1) is 17.8. The standard InChI is InChI=1S/C16H21ClN2O3S/c1-23(21,22)19(15-9-5-8-14(17)10-15)12-16(20)18-11-13-6-3-2-4-7-13/h5-6,8-10H,2-4,7,11-12H2,1H3,(H,18,20). The quantitative estimate of drug-likeness (QED) is 0.797. The number of rotatable bonds is 6. The first-order valence-electron chi connectivity index (χ1n) is 7.54. The summed E-state index contributed by atoms with van der Waals surface area (Å²) in [5, 5.41) is 3.21. The number of nitrogens with one attached hydrogen (secondary N) is 1. The number of amides is 1. The van der Waals surface area contributed by atoms with Crippen LogP contribution in [0.25, 0.3) is 0 Å². The van der Waals surface area contributed by atoms with Crippen molar-refractivity contribution in [3.63, 3.8) is 0 Å². The van der Waals surface area contributed by atoms with Crippen molar-refractivity contribution in [2.45, 2.75) is 25.7 Å². The van der Waals surface area contributed by atoms with Crippen molar-refractivity contribution in [3.05, 3.63) is 40.9 Å². The molecule has 0 spiro atoms. The van der Waals surface area contributed by atoms with Crippen molar-refractivity contribution >= 4 is 33.2 Å². The minimum Gasteiger partial charge on any atom is -0.351 e. The number of benzene rings is 1. The van der Waals surface area contributed by atoms with Crippen LogP contribution >= 0.6 is 11.6 Å². The third kappa shape index (κ3) is 5.55. The van der Waals surface area contributed by atoms with E-state index in [0.29, 0.717) is 17.3 Å². The molecule has 1 amide bonds. The number of sulfonamides is 1. The van der Waals surface area contributed by atoms with E-state index in [2.05, 4.69) is 11.4 Å². The molecule has 0 fully saturated rings. The molecule has 2 rings (SSSR count). The van der Waals surface area contributed by atoms with Gasteiger partial charge in [-0.25, -0.2) is 8.42 Å². The van der Waals surface area contributed by atoms with Crippen molar-refractivity contribution in [2.75, 3.05) is 23.7 Å². The Balaban J connectivity index is 2.03. The lowest BCUT2D eigenvalue weighted by Gasteiger charge is -2.22. The smallest absolute Gasteiger partial charge is 0.241 e. The van der Waals surface area contributed by atoms with Crippen LogP contribution in [0, 0.1) is 0 Å². The number of carbonyl (C=O) groups excluding carboxylic acids is 1. The molecule has 0 saturated carbocycles. The maximum absolute atomic E-state index is 12.1. The molecule has 0 aliphatic heterocycles. The summed E-state index contributed by atoms with van der Waals surface area (Å²) in [5.41, 5.74) is 1.59. The van der Waals surface area contributed by atoms with Gasteiger partial charge in [-0.05, 0) is 43.9 Å². The molecule has 0 bridgehead atoms. The summed E-state index contributed by atoms with van der Waals surface area (Å²) in [6.07, 6.45) is 7.58. The molecule has 126 valence electrons. The van der Waals surface area contributed by atoms with E-state index in [1.54, 1.807) is 18.2 Å². The normalized spacial score (nSPS) is 15.0. The van der Waals surface area contributed by atoms with Gasteiger partial charge in [0.2, 0.25) is 15.9 Å². The van der Waals surface area contributed by atoms with Gasteiger partial charge >= 0.3 is 0 Å². The van der Waals surface area contributed by atoms with Crippen LogP contribution in [0.2, 0.25) is 5.02 Å². The Labute approximate surface area is 142 Å². The molecule has 5 nitrogen and oxygen atoms in total. The maximum Gasteiger partial charge on any atom is 0.241 e. The van der Waals surface area contributed by atoms with Gasteiger partial charge in [0.15, 0.2) is 0 Å². The highest BCUT2D eigenvalue weighted by atomic mass is 35.5. The van der Waals surface area contributed by atoms with E-state index in [1.165, 1.54) is 18.1 Å². The molecular formula is C16H21ClN2O3S. The summed E-state index contributed by atoms with van der Waals surface area (Å²) < 4.78 is 25.0. The molecule has 1 N–H and O–H groups in total. The molecule has 0 saturated heterocycles. The Morgan fingerprint density at radius 3 is 2.74 bits per heavy atom. The van der Waals surface area contributed by atoms with Gasteiger partial charge in [-0.1, -0.05) is 29.3 Å². The molecule has 1 aromatic rings. The van der Waals surface area contributed by atoms with E-state index < -0.39 is 10.0 Å². The molecule has 23 heavy (non-hydrogen) atoms. The summed E-state index contributed by atoms with van der Waals surface area (Å²) >= 11 is 5.91. The fourth-order valence-corrected chi connectivity index (χ4v) is 3.53. The average molecular weight is 357 g/mol. The number of allylic oxidation sites excluding steroid dienone is 1. The van der Waals surface area contributed by atoms with E-state index in [9.17, 15) is 13.2 Å². The largest absolute Gasteiger partial charge is 0.351 e. The van der Waals surface area contributed by atoms with Gasteiger partial charge in [-0.2, -0.15) is 0 Å². The summed E-state index contributed by atoms with van der Waals surface area (Å²) in [4.78, 5) is 12.1. The Hall–Kier alpha value is -1.53. The van der Waals surface area contributed by atoms with Crippen molar-refractivity contribution in [1.29, 1.82) is 0 Å². The molecule has 7 heteroatoms. The van der Waals surface area contributed by atoms with E-state index in [1.807, 2.05) is 0 Å². The van der Waals surface area contributed by atoms with Crippen molar-refractivity contribution < 1.29 is 13.2 Å². The van der Waals surface area contributed by atoms with Crippen molar-refractivity contribution in [2.24, 2.45) is 0 Å². The van der Waals surface area contributed by atoms with Crippen LogP contribution in [-0.2, 0) is 14.8 Å². The number of hydrogen-bond acceptors (Lipinski definition) is 3. The topological polar surface area (TPSA) is 66.5 Å². The molecule has 0 atom stereocenters. The van der Waals surface area contributed by atoms with Gasteiger partial charge in [-0.15, -0.1) is 0 Å². The lowest BCUT2D eigenvalue weighted by atomic mass is 10.00. The lowest BCUT2D eigenvalue weighted by molar-refractivity contribution is -0.119. The van der Waals surface area contributed by atoms with Gasteiger partial charge in [0.05, 0.1) is 11.9 Å². The molecule has 0 unspecified atom stereocenters. The van der Waals surface area contributed by atoms with Gasteiger partial charge in [0.25, 0.3) is 0 Å². The highest BCUT2D eigenvalue weighted by Crippen LogP contribution is 2.21. The molecule has 1 aliphatic carbocycles. The zero-order chi connectivity index (χ0) is 16.9. The van der Waals surface area contributed by atoms with Gasteiger partial charge in [-0.3, -0.25) is 9.10 Å². The lowest BCUT2D eigenvalue weighted by Crippen LogP contribution is -2.41. The van der Waals surface area contributed by atoms with Crippen LogP contribution in [0.1, 0.15) is 25.7 Å². The number of halogens is 1. The third-order valence-corrected chi connectivity index (χ3v) is 5.06. The Kier molecular flexibility index (Phi) is 6.07. The predicted molar refractivity (Wildman–Crippen MR) is 93.2 cm³/mol. The van der Waals surface area contributed by atoms with Crippen molar-refractivity contribution in [1.82, 2.24) is 5.32 Å². The van der Waals surface area contributed by atoms with Crippen molar-refractivity contribution in [3.8, 4) is 0 Å². The minimum absolute atomic E-state index is 0.257. The summed E-state index contributed by atoms with van der Waals surface area (Å²) in [6, 6.07) is 6.45. The number of nitrogens with zero attached hydrogens (tertiary/aromatic N) is 1. The number of hydrogen-bond donors (Lipinski definition) is 1. The average Bonchev–Trinajstić information content (AvgIpc) is 2.50. The third-order valence-electron chi connectivity index (χ3n) is 3.68. The fourth-order valence-electron chi connectivity index (χ4n) is 2.49. The summed E-state index contributed by atoms with van der Waals surface area (Å²) in [6.45, 7) is 0.221. The summed E-state index contributed by atoms with van der Waals surface area (Å²) in [5.74, 6) is -0.332. The SMILES string of the molecule is CS(=O)(=O)N(CC(=O)NCC1=CCCCC1)c1cccc(Cl)c1. The molecule has 1 aliphatic rings. The number of anilines is 1. The van der Waals surface area contributed by atoms with E-state index in [4.69, 9.17) is 11.6 Å². The second kappa shape index (κ2) is 7.84. The van der Waals surface area contributed by atoms with E-state index in [0.717, 1.165) is 29.8 Å². The number of carbonyl (C=O) groups is 1. The summed E-state index contributed by atoms with van der Waals surface area (Å²) in [7, 11) is -3.57. The highest BCUT2D eigenvalue weighted by Gasteiger charge is 2.21. The Morgan fingerprint density at radius 2 is 2.13 bits per heavy atom. The molecule has 1 aromatic carbocycles. The van der Waals surface area contributed by atoms with Crippen LogP contribution < -0.4 is 9.62 Å². The maximum atomic E-state index is 12.1. The minimum atomic E-state index is -3.57. The Morgan fingerprint density at radius 1 is 1.35 bits per heavy atom. The highest BCUT2D eigenvalue weighted by molar-refractivity contribution is 7.92. The monoisotopic (exact) mass is 356 g/mol. The van der Waals surface area contributed by atoms with Gasteiger partial charge < -0.3 is 5.32 Å². The van der Waals surface area contributed by atoms with Crippen LogP contribution in [-0.4, -0.2) is 33.7 Å². The molecular weight excluding hydrogens is 336 g/mol. The Bertz CT molecular complexity index is 701. The van der Waals surface area contributed by atoms with Crippen LogP contribution in [0.5, 0.6) is 0 Å². The van der Waals surface area contributed by atoms with Crippen LogP contribution in [0.15, 0.2) is 35.9 Å². The fraction of sp³-hybridized carbons (Fsp3) is 0.438. The predicted octanol–water partition coefficient (Wildman–Crippen LogP) is 2.72. The first-order valence-corrected chi connectivity index (χ1v) is 9.77. The van der Waals surface area contributed by atoms with Gasteiger partial charge in [0.1, 0.15) is 6.54 Å². The van der Waals surface area contributed by atoms with Crippen LogP contribution in [0.3, 0.4) is 0 Å². The van der Waals surface area contributed by atoms with E-state index in [-0.39, 0.29) is 12.5 Å². The first-order chi connectivity index (χ1) is 10.9. The zero-order valence-corrected chi connectivity index (χ0v) is 14.7. The van der Waals surface area contributed by atoms with E-state index >= 15 is 0 Å². The molecule has 0 aromatic heterocycles. The molecule has 0 heterocycles. The second-order valence-corrected chi connectivity index (χ2v) is 7.98.